The van der Waals surface area contributed by atoms with Gasteiger partial charge in [-0.3, -0.25) is 5.10 Å². The van der Waals surface area contributed by atoms with E-state index >= 15 is 0 Å². The monoisotopic (exact) mass is 137 g/mol. The van der Waals surface area contributed by atoms with Crippen molar-refractivity contribution >= 4 is 12.2 Å². The number of hydrogen-bond donors (Lipinski definition) is 1. The molecule has 1 aromatic rings. The van der Waals surface area contributed by atoms with Crippen LogP contribution in [0.5, 0.6) is 0 Å². The summed E-state index contributed by atoms with van der Waals surface area (Å²) in [6.45, 7) is 0. The Morgan fingerprint density at radius 1 is 1.67 bits per heavy atom. The van der Waals surface area contributed by atoms with E-state index in [9.17, 15) is 0 Å². The number of nitriles is 1. The van der Waals surface area contributed by atoms with Gasteiger partial charge in [0.2, 0.25) is 0 Å². The Bertz CT molecular complexity index is 275. The maximum atomic E-state index is 8.26. The van der Waals surface area contributed by atoms with Gasteiger partial charge >= 0.3 is 0 Å². The molecule has 1 aromatic heterocycles. The highest BCUT2D eigenvalue weighted by Gasteiger charge is 1.84. The number of hydrogen-bond acceptors (Lipinski definition) is 3. The molecule has 0 aliphatic heterocycles. The van der Waals surface area contributed by atoms with Gasteiger partial charge < -0.3 is 0 Å². The van der Waals surface area contributed by atoms with E-state index in [4.69, 9.17) is 17.5 Å². The van der Waals surface area contributed by atoms with E-state index in [1.54, 1.807) is 12.1 Å². The van der Waals surface area contributed by atoms with Crippen LogP contribution in [0.15, 0.2) is 12.1 Å². The van der Waals surface area contributed by atoms with Crippen molar-refractivity contribution in [2.45, 2.75) is 0 Å². The van der Waals surface area contributed by atoms with Crippen LogP contribution in [0.4, 0.5) is 0 Å². The summed E-state index contributed by atoms with van der Waals surface area (Å²) in [6.07, 6.45) is 0. The van der Waals surface area contributed by atoms with Crippen LogP contribution < -0.4 is 0 Å². The van der Waals surface area contributed by atoms with Crippen molar-refractivity contribution in [3.8, 4) is 6.07 Å². The lowest BCUT2D eigenvalue weighted by molar-refractivity contribution is 0.995. The fourth-order valence-corrected chi connectivity index (χ4v) is 0.520. The minimum absolute atomic E-state index is 0.351. The van der Waals surface area contributed by atoms with Crippen LogP contribution in [0, 0.1) is 16.0 Å². The highest BCUT2D eigenvalue weighted by atomic mass is 32.1. The quantitative estimate of drug-likeness (QED) is 0.543. The van der Waals surface area contributed by atoms with Gasteiger partial charge in [-0.15, -0.1) is 0 Å². The smallest absolute Gasteiger partial charge is 0.160 e. The average molecular weight is 137 g/mol. The van der Waals surface area contributed by atoms with Gasteiger partial charge in [-0.05, 0) is 12.1 Å². The predicted octanol–water partition coefficient (Wildman–Crippen LogP) is 1.01. The first-order valence-electron chi connectivity index (χ1n) is 2.29. The van der Waals surface area contributed by atoms with Crippen molar-refractivity contribution in [1.29, 1.82) is 5.26 Å². The second-order valence-electron chi connectivity index (χ2n) is 1.42. The Hall–Kier alpha value is -1.21. The third kappa shape index (κ3) is 1.34. The molecule has 3 nitrogen and oxygen atoms in total. The molecular weight excluding hydrogens is 134 g/mol. The third-order valence-corrected chi connectivity index (χ3v) is 1.02. The van der Waals surface area contributed by atoms with Gasteiger partial charge in [0.25, 0.3) is 0 Å². The number of nitrogens with zero attached hydrogens (tertiary/aromatic N) is 2. The number of aromatic nitrogens is 2. The molecule has 0 saturated carbocycles. The Balaban J connectivity index is 3.21. The molecular formula is C5H3N3S. The lowest BCUT2D eigenvalue weighted by Crippen LogP contribution is -1.84. The molecule has 0 unspecified atom stereocenters. The van der Waals surface area contributed by atoms with E-state index < -0.39 is 0 Å². The van der Waals surface area contributed by atoms with E-state index in [0.29, 0.717) is 10.3 Å². The van der Waals surface area contributed by atoms with E-state index in [2.05, 4.69) is 10.2 Å². The lowest BCUT2D eigenvalue weighted by Gasteiger charge is -1.82. The topological polar surface area (TPSA) is 52.5 Å². The fraction of sp³-hybridized carbons (Fsp3) is 0. The summed E-state index contributed by atoms with van der Waals surface area (Å²) in [7, 11) is 0. The van der Waals surface area contributed by atoms with E-state index in [1.165, 1.54) is 0 Å². The maximum absolute atomic E-state index is 8.26. The molecule has 0 bridgehead atoms. The zero-order valence-corrected chi connectivity index (χ0v) is 5.27. The SMILES string of the molecule is N#Cc1ccc(=S)[nH]n1. The number of H-pyrrole nitrogens is 1. The second-order valence-corrected chi connectivity index (χ2v) is 1.86. The molecule has 0 aromatic carbocycles. The molecule has 0 saturated heterocycles. The Labute approximate surface area is 57.0 Å². The highest BCUT2D eigenvalue weighted by molar-refractivity contribution is 7.71. The van der Waals surface area contributed by atoms with Crippen LogP contribution >= 0.6 is 12.2 Å². The summed E-state index contributed by atoms with van der Waals surface area (Å²) in [4.78, 5) is 0. The third-order valence-electron chi connectivity index (χ3n) is 0.794. The van der Waals surface area contributed by atoms with Gasteiger partial charge in [0.1, 0.15) is 10.7 Å². The number of rotatable bonds is 0. The van der Waals surface area contributed by atoms with Crippen molar-refractivity contribution in [2.75, 3.05) is 0 Å². The zero-order chi connectivity index (χ0) is 6.69. The minimum atomic E-state index is 0.351. The van der Waals surface area contributed by atoms with Gasteiger partial charge in [0.05, 0.1) is 0 Å². The van der Waals surface area contributed by atoms with Crippen molar-refractivity contribution in [3.63, 3.8) is 0 Å². The predicted molar refractivity (Wildman–Crippen MR) is 34.1 cm³/mol. The summed E-state index contributed by atoms with van der Waals surface area (Å²) < 4.78 is 0.536. The minimum Gasteiger partial charge on any atom is -0.266 e. The van der Waals surface area contributed by atoms with Crippen molar-refractivity contribution in [2.24, 2.45) is 0 Å². The first kappa shape index (κ1) is 5.92. The largest absolute Gasteiger partial charge is 0.266 e. The van der Waals surface area contributed by atoms with E-state index in [0.717, 1.165) is 0 Å². The molecule has 4 heteroatoms. The van der Waals surface area contributed by atoms with Crippen molar-refractivity contribution in [3.05, 3.63) is 22.5 Å². The zero-order valence-electron chi connectivity index (χ0n) is 4.46. The Morgan fingerprint density at radius 2 is 2.44 bits per heavy atom. The molecule has 0 radical (unpaired) electrons. The summed E-state index contributed by atoms with van der Waals surface area (Å²) >= 11 is 4.69. The molecule has 1 N–H and O–H groups in total. The molecule has 0 aliphatic carbocycles. The molecule has 9 heavy (non-hydrogen) atoms. The standard InChI is InChI=1S/C5H3N3S/c6-3-4-1-2-5(9)8-7-4/h1-2H,(H,8,9). The summed E-state index contributed by atoms with van der Waals surface area (Å²) in [5.41, 5.74) is 0.351. The molecule has 0 fully saturated rings. The van der Waals surface area contributed by atoms with Crippen LogP contribution in [0.25, 0.3) is 0 Å². The van der Waals surface area contributed by atoms with Crippen molar-refractivity contribution in [1.82, 2.24) is 10.2 Å². The highest BCUT2D eigenvalue weighted by Crippen LogP contribution is 1.87. The molecule has 0 spiro atoms. The summed E-state index contributed by atoms with van der Waals surface area (Å²) in [6, 6.07) is 5.06. The van der Waals surface area contributed by atoms with Gasteiger partial charge in [-0.25, -0.2) is 0 Å². The second kappa shape index (κ2) is 2.37. The van der Waals surface area contributed by atoms with E-state index in [1.807, 2.05) is 6.07 Å². The molecule has 44 valence electrons. The molecule has 1 rings (SSSR count). The van der Waals surface area contributed by atoms with Crippen LogP contribution in [0.1, 0.15) is 5.69 Å². The van der Waals surface area contributed by atoms with Gasteiger partial charge in [0.15, 0.2) is 5.69 Å². The van der Waals surface area contributed by atoms with Gasteiger partial charge in [-0.2, -0.15) is 10.4 Å². The number of nitrogens with one attached hydrogen (secondary N) is 1. The number of aromatic amines is 1. The van der Waals surface area contributed by atoms with Crippen LogP contribution in [-0.2, 0) is 0 Å². The van der Waals surface area contributed by atoms with E-state index in [-0.39, 0.29) is 0 Å². The van der Waals surface area contributed by atoms with Gasteiger partial charge in [-0.1, -0.05) is 12.2 Å². The van der Waals surface area contributed by atoms with Crippen molar-refractivity contribution < 1.29 is 0 Å². The fourth-order valence-electron chi connectivity index (χ4n) is 0.407. The first-order valence-corrected chi connectivity index (χ1v) is 2.69. The average Bonchev–Trinajstić information content (AvgIpc) is 1.90. The Kier molecular flexibility index (Phi) is 1.56. The molecule has 0 atom stereocenters. The molecule has 0 aliphatic rings. The van der Waals surface area contributed by atoms with Crippen LogP contribution in [-0.4, -0.2) is 10.2 Å². The normalized spacial score (nSPS) is 8.33. The molecule has 1 heterocycles. The van der Waals surface area contributed by atoms with Gasteiger partial charge in [0, 0.05) is 0 Å². The Morgan fingerprint density at radius 3 is 2.89 bits per heavy atom. The molecule has 0 amide bonds. The summed E-state index contributed by atoms with van der Waals surface area (Å²) in [5, 5.41) is 14.4. The van der Waals surface area contributed by atoms with Crippen LogP contribution in [0.2, 0.25) is 0 Å². The maximum Gasteiger partial charge on any atom is 0.160 e. The van der Waals surface area contributed by atoms with Crippen LogP contribution in [0.3, 0.4) is 0 Å². The summed E-state index contributed by atoms with van der Waals surface area (Å²) in [5.74, 6) is 0. The lowest BCUT2D eigenvalue weighted by atomic mass is 10.4. The first-order chi connectivity index (χ1) is 4.33.